The highest BCUT2D eigenvalue weighted by molar-refractivity contribution is 7.87. The summed E-state index contributed by atoms with van der Waals surface area (Å²) in [4.78, 5) is 16.0. The lowest BCUT2D eigenvalue weighted by Gasteiger charge is -2.33. The van der Waals surface area contributed by atoms with Crippen molar-refractivity contribution in [2.45, 2.75) is 52.2 Å². The number of amides is 1. The highest BCUT2D eigenvalue weighted by Gasteiger charge is 2.34. The SMILES string of the molecule is CC(C)(C)CC(NS(=O)(=O)N1CCC(Oc2cccc(Cl)n2)CC1)C(=O)NO. The Bertz CT molecular complexity index is 776. The van der Waals surface area contributed by atoms with Crippen LogP contribution in [0.3, 0.4) is 0 Å². The summed E-state index contributed by atoms with van der Waals surface area (Å²) in [6, 6.07) is 4.00. The maximum atomic E-state index is 12.7. The molecule has 2 heterocycles. The van der Waals surface area contributed by atoms with Crippen LogP contribution < -0.4 is 14.9 Å². The van der Waals surface area contributed by atoms with Gasteiger partial charge in [0.2, 0.25) is 5.88 Å². The molecule has 158 valence electrons. The molecule has 1 saturated heterocycles. The highest BCUT2D eigenvalue weighted by Crippen LogP contribution is 2.23. The Morgan fingerprint density at radius 3 is 2.57 bits per heavy atom. The number of piperidine rings is 1. The fraction of sp³-hybridized carbons (Fsp3) is 0.647. The van der Waals surface area contributed by atoms with E-state index in [4.69, 9.17) is 21.5 Å². The Labute approximate surface area is 170 Å². The van der Waals surface area contributed by atoms with Crippen molar-refractivity contribution in [3.05, 3.63) is 23.4 Å². The van der Waals surface area contributed by atoms with Gasteiger partial charge in [-0.3, -0.25) is 10.0 Å². The first kappa shape index (κ1) is 22.8. The van der Waals surface area contributed by atoms with Crippen LogP contribution >= 0.6 is 11.6 Å². The second kappa shape index (κ2) is 9.36. The molecule has 1 aliphatic heterocycles. The molecule has 28 heavy (non-hydrogen) atoms. The highest BCUT2D eigenvalue weighted by atomic mass is 35.5. The minimum Gasteiger partial charge on any atom is -0.474 e. The maximum absolute atomic E-state index is 12.7. The topological polar surface area (TPSA) is 121 Å². The van der Waals surface area contributed by atoms with E-state index in [0.717, 1.165) is 0 Å². The number of hydrogen-bond acceptors (Lipinski definition) is 6. The second-order valence-corrected chi connectivity index (χ2v) is 10.0. The third-order valence-electron chi connectivity index (χ3n) is 4.25. The third-order valence-corrected chi connectivity index (χ3v) is 6.09. The summed E-state index contributed by atoms with van der Waals surface area (Å²) in [6.45, 7) is 6.12. The van der Waals surface area contributed by atoms with Crippen LogP contribution in [-0.2, 0) is 15.0 Å². The third kappa shape index (κ3) is 6.85. The van der Waals surface area contributed by atoms with Gasteiger partial charge in [0.05, 0.1) is 0 Å². The zero-order chi connectivity index (χ0) is 20.9. The number of halogens is 1. The van der Waals surface area contributed by atoms with E-state index in [-0.39, 0.29) is 31.0 Å². The van der Waals surface area contributed by atoms with E-state index in [9.17, 15) is 13.2 Å². The minimum atomic E-state index is -3.89. The largest absolute Gasteiger partial charge is 0.474 e. The van der Waals surface area contributed by atoms with Crippen molar-refractivity contribution in [2.75, 3.05) is 13.1 Å². The van der Waals surface area contributed by atoms with Gasteiger partial charge in [0.1, 0.15) is 17.3 Å². The zero-order valence-electron chi connectivity index (χ0n) is 16.2. The van der Waals surface area contributed by atoms with Crippen LogP contribution in [0.15, 0.2) is 18.2 Å². The van der Waals surface area contributed by atoms with Crippen molar-refractivity contribution in [1.82, 2.24) is 19.5 Å². The summed E-state index contributed by atoms with van der Waals surface area (Å²) in [6.07, 6.45) is 1.01. The maximum Gasteiger partial charge on any atom is 0.280 e. The molecule has 1 atom stereocenters. The molecule has 0 saturated carbocycles. The monoisotopic (exact) mass is 434 g/mol. The molecule has 11 heteroatoms. The predicted molar refractivity (Wildman–Crippen MR) is 104 cm³/mol. The van der Waals surface area contributed by atoms with Gasteiger partial charge < -0.3 is 4.74 Å². The van der Waals surface area contributed by atoms with Gasteiger partial charge in [-0.15, -0.1) is 0 Å². The summed E-state index contributed by atoms with van der Waals surface area (Å²) in [5, 5.41) is 9.25. The number of rotatable bonds is 7. The molecule has 1 unspecified atom stereocenters. The molecule has 0 aliphatic carbocycles. The average molecular weight is 435 g/mol. The first-order valence-corrected chi connectivity index (χ1v) is 10.8. The molecule has 0 aromatic carbocycles. The standard InChI is InChI=1S/C17H27ClN4O5S/c1-17(2,3)11-13(16(23)20-24)21-28(25,26)22-9-7-12(8-10-22)27-15-6-4-5-14(18)19-15/h4-6,12-13,21,24H,7-11H2,1-3H3,(H,20,23). The summed E-state index contributed by atoms with van der Waals surface area (Å²) >= 11 is 5.84. The van der Waals surface area contributed by atoms with Crippen molar-refractivity contribution < 1.29 is 23.2 Å². The number of aromatic nitrogens is 1. The molecule has 0 radical (unpaired) electrons. The van der Waals surface area contributed by atoms with Gasteiger partial charge in [0.15, 0.2) is 0 Å². The van der Waals surface area contributed by atoms with Crippen LogP contribution in [0.5, 0.6) is 5.88 Å². The number of ether oxygens (including phenoxy) is 1. The lowest BCUT2D eigenvalue weighted by atomic mass is 9.88. The Morgan fingerprint density at radius 1 is 1.39 bits per heavy atom. The van der Waals surface area contributed by atoms with Gasteiger partial charge in [-0.1, -0.05) is 38.4 Å². The van der Waals surface area contributed by atoms with E-state index in [2.05, 4.69) is 9.71 Å². The van der Waals surface area contributed by atoms with Gasteiger partial charge in [0.25, 0.3) is 16.1 Å². The Kier molecular flexibility index (Phi) is 7.63. The van der Waals surface area contributed by atoms with Crippen molar-refractivity contribution in [3.63, 3.8) is 0 Å². The first-order chi connectivity index (χ1) is 13.0. The summed E-state index contributed by atoms with van der Waals surface area (Å²) < 4.78 is 34.8. The van der Waals surface area contributed by atoms with Crippen molar-refractivity contribution in [3.8, 4) is 5.88 Å². The molecule has 1 amide bonds. The number of hydrogen-bond donors (Lipinski definition) is 3. The molecule has 1 fully saturated rings. The lowest BCUT2D eigenvalue weighted by Crippen LogP contribution is -2.54. The van der Waals surface area contributed by atoms with Crippen LogP contribution in [0.4, 0.5) is 0 Å². The number of carbonyl (C=O) groups is 1. The lowest BCUT2D eigenvalue weighted by molar-refractivity contribution is -0.131. The summed E-state index contributed by atoms with van der Waals surface area (Å²) in [5.41, 5.74) is 1.21. The van der Waals surface area contributed by atoms with E-state index in [1.807, 2.05) is 20.8 Å². The van der Waals surface area contributed by atoms with Gasteiger partial charge in [0, 0.05) is 19.2 Å². The van der Waals surface area contributed by atoms with Crippen molar-refractivity contribution in [2.24, 2.45) is 5.41 Å². The van der Waals surface area contributed by atoms with Gasteiger partial charge in [-0.05, 0) is 30.7 Å². The molecule has 0 spiro atoms. The Hall–Kier alpha value is -1.46. The van der Waals surface area contributed by atoms with Gasteiger partial charge >= 0.3 is 0 Å². The number of nitrogens with one attached hydrogen (secondary N) is 2. The van der Waals surface area contributed by atoms with Crippen molar-refractivity contribution >= 4 is 27.7 Å². The number of carbonyl (C=O) groups excluding carboxylic acids is 1. The average Bonchev–Trinajstić information content (AvgIpc) is 2.59. The summed E-state index contributed by atoms with van der Waals surface area (Å²) in [5.74, 6) is -0.388. The molecule has 0 bridgehead atoms. The van der Waals surface area contributed by atoms with Gasteiger partial charge in [-0.25, -0.2) is 10.5 Å². The fourth-order valence-electron chi connectivity index (χ4n) is 2.95. The molecular formula is C17H27ClN4O5S. The quantitative estimate of drug-likeness (QED) is 0.341. The van der Waals surface area contributed by atoms with E-state index in [1.165, 1.54) is 9.79 Å². The molecular weight excluding hydrogens is 408 g/mol. The molecule has 1 aromatic rings. The molecule has 1 aliphatic rings. The fourth-order valence-corrected chi connectivity index (χ4v) is 4.50. The normalized spacial score (nSPS) is 17.9. The first-order valence-electron chi connectivity index (χ1n) is 9.01. The Balaban J connectivity index is 1.96. The smallest absolute Gasteiger partial charge is 0.280 e. The molecule has 2 rings (SSSR count). The van der Waals surface area contributed by atoms with E-state index in [1.54, 1.807) is 18.2 Å². The zero-order valence-corrected chi connectivity index (χ0v) is 17.8. The number of nitrogens with zero attached hydrogens (tertiary/aromatic N) is 2. The van der Waals surface area contributed by atoms with Crippen LogP contribution in [0, 0.1) is 5.41 Å². The van der Waals surface area contributed by atoms with Gasteiger partial charge in [-0.2, -0.15) is 17.4 Å². The van der Waals surface area contributed by atoms with E-state index < -0.39 is 22.2 Å². The molecule has 1 aromatic heterocycles. The molecule has 3 N–H and O–H groups in total. The predicted octanol–water partition coefficient (Wildman–Crippen LogP) is 1.72. The second-order valence-electron chi connectivity index (χ2n) is 7.93. The van der Waals surface area contributed by atoms with E-state index >= 15 is 0 Å². The van der Waals surface area contributed by atoms with Crippen LogP contribution in [0.1, 0.15) is 40.0 Å². The van der Waals surface area contributed by atoms with E-state index in [0.29, 0.717) is 23.9 Å². The summed E-state index contributed by atoms with van der Waals surface area (Å²) in [7, 11) is -3.89. The Morgan fingerprint density at radius 2 is 2.04 bits per heavy atom. The number of hydroxylamine groups is 1. The number of pyridine rings is 1. The van der Waals surface area contributed by atoms with Crippen molar-refractivity contribution in [1.29, 1.82) is 0 Å². The molecule has 9 nitrogen and oxygen atoms in total. The minimum absolute atomic E-state index is 0.177. The van der Waals surface area contributed by atoms with Crippen LogP contribution in [-0.4, -0.2) is 54.1 Å². The van der Waals surface area contributed by atoms with Crippen LogP contribution in [0.2, 0.25) is 5.15 Å². The van der Waals surface area contributed by atoms with Crippen LogP contribution in [0.25, 0.3) is 0 Å².